The first-order valence-electron chi connectivity index (χ1n) is 27.1. The normalized spacial score (nSPS) is 16.0. The Morgan fingerprint density at radius 2 is 1.39 bits per heavy atom. The van der Waals surface area contributed by atoms with Gasteiger partial charge in [-0.05, 0) is 43.4 Å². The Kier molecular flexibility index (Phi) is 21.2. The molecule has 0 saturated heterocycles. The van der Waals surface area contributed by atoms with Crippen LogP contribution in [0.3, 0.4) is 0 Å². The van der Waals surface area contributed by atoms with Gasteiger partial charge in [0, 0.05) is 65.5 Å². The highest BCUT2D eigenvalue weighted by atomic mass is 32.1. The van der Waals surface area contributed by atoms with Gasteiger partial charge in [-0.3, -0.25) is 38.5 Å². The summed E-state index contributed by atoms with van der Waals surface area (Å²) in [6, 6.07) is 9.16. The van der Waals surface area contributed by atoms with Crippen molar-refractivity contribution in [3.05, 3.63) is 111 Å². The maximum Gasteiger partial charge on any atom is 0.415 e. The number of nitrogens with one attached hydrogen (secondary N) is 5. The number of aliphatic hydroxyl groups is 1. The van der Waals surface area contributed by atoms with Crippen LogP contribution < -0.4 is 31.5 Å². The van der Waals surface area contributed by atoms with Crippen molar-refractivity contribution in [2.45, 2.75) is 83.7 Å². The van der Waals surface area contributed by atoms with E-state index in [9.17, 15) is 48.6 Å². The van der Waals surface area contributed by atoms with Crippen LogP contribution in [0.4, 0.5) is 10.6 Å². The molecule has 0 spiro atoms. The van der Waals surface area contributed by atoms with Crippen molar-refractivity contribution in [2.24, 2.45) is 5.92 Å². The third-order valence-electron chi connectivity index (χ3n) is 13.3. The van der Waals surface area contributed by atoms with E-state index in [1.807, 2.05) is 13.8 Å². The molecule has 10 bridgehead atoms. The number of amides is 6. The number of hydrogen-bond donors (Lipinski definition) is 8. The van der Waals surface area contributed by atoms with Gasteiger partial charge in [0.25, 0.3) is 17.7 Å². The van der Waals surface area contributed by atoms with Crippen molar-refractivity contribution in [1.82, 2.24) is 61.5 Å². The Morgan fingerprint density at radius 3 is 2.12 bits per heavy atom. The third-order valence-corrected chi connectivity index (χ3v) is 19.0. The molecule has 0 saturated carbocycles. The molecule has 88 heavy (non-hydrogen) atoms. The molecule has 32 heteroatoms. The van der Waals surface area contributed by atoms with Crippen molar-refractivity contribution in [2.75, 3.05) is 38.8 Å². The van der Waals surface area contributed by atoms with Crippen molar-refractivity contribution < 1.29 is 63.1 Å². The summed E-state index contributed by atoms with van der Waals surface area (Å²) in [5.41, 5.74) is 2.22. The van der Waals surface area contributed by atoms with E-state index < -0.39 is 78.3 Å². The molecular weight excluding hydrogens is 1260 g/mol. The smallest absolute Gasteiger partial charge is 0.415 e. The topological polar surface area (TPSA) is 369 Å². The average Bonchev–Trinajstić information content (AvgIpc) is 2.63. The number of aliphatic carboxylic acids is 2. The number of ether oxygens (including phenoxy) is 2. The van der Waals surface area contributed by atoms with Crippen LogP contribution in [-0.4, -0.2) is 132 Å². The van der Waals surface area contributed by atoms with Gasteiger partial charge in [-0.15, -0.1) is 68.0 Å². The van der Waals surface area contributed by atoms with E-state index >= 15 is 0 Å². The van der Waals surface area contributed by atoms with Crippen LogP contribution in [0.1, 0.15) is 132 Å². The highest BCUT2D eigenvalue weighted by molar-refractivity contribution is 7.15. The number of thiazole rings is 6. The Bertz CT molecular complexity index is 3880. The molecule has 0 fully saturated rings. The van der Waals surface area contributed by atoms with Crippen LogP contribution in [0.25, 0.3) is 43.4 Å². The highest BCUT2D eigenvalue weighted by Gasteiger charge is 2.33. The number of carbonyl (C=O) groups is 8. The third kappa shape index (κ3) is 15.5. The molecule has 0 aliphatic carbocycles. The van der Waals surface area contributed by atoms with Gasteiger partial charge in [0.05, 0.1) is 48.8 Å². The van der Waals surface area contributed by atoms with E-state index in [-0.39, 0.29) is 91.4 Å². The number of carbonyl (C=O) groups excluding carboxylic acids is 6. The number of pyridine rings is 1. The number of hydrogen-bond acceptors (Lipinski definition) is 24. The zero-order valence-electron chi connectivity index (χ0n) is 47.6. The number of benzene rings is 1. The molecule has 8 N–H and O–H groups in total. The second-order valence-electron chi connectivity index (χ2n) is 19.9. The minimum atomic E-state index is -1.31. The molecule has 0 radical (unpaired) electrons. The molecule has 8 heterocycles. The first-order chi connectivity index (χ1) is 42.3. The van der Waals surface area contributed by atoms with Crippen LogP contribution >= 0.6 is 68.0 Å². The summed E-state index contributed by atoms with van der Waals surface area (Å²) in [5.74, 6) is -5.30. The number of aryl methyl sites for hydroxylation is 1. The molecule has 1 unspecified atom stereocenters. The Balaban J connectivity index is 1.12. The summed E-state index contributed by atoms with van der Waals surface area (Å²) in [7, 11) is 2.91. The molecular formula is C56H57N13O13S6. The number of carboxylic acid groups (broad SMARTS) is 2. The number of carboxylic acids is 2. The van der Waals surface area contributed by atoms with Gasteiger partial charge in [-0.1, -0.05) is 44.2 Å². The Morgan fingerprint density at radius 1 is 0.693 bits per heavy atom. The Hall–Kier alpha value is -8.37. The standard InChI is InChI=1S/C56H57N13O13S6/c1-26(2)41-55-68-44(35(88-55)21-81-5)48(78)58-20-38(71)65-45(46(76)28-11-7-6-8-12-28)54-63-34(24-85-54)52-61-32(22-84-52)43-29(50-62-33(23-83-50)47(77)60-31(19-37(70)57-4)53-67-42(27(3)87-53)49(79)66-41)15-16-30(59-43)51-64-36(25-86-51)69(17-9-13-39(72)73)56(80)82-18-10-14-40(74)75/h6-8,11-12,15-16,22-26,31,41,45-46,76H,9-10,13-14,17-21H2,1-5H3,(H,57,70)(H,58,78)(H,60,77)(H,65,71)(H,66,79)(H,72,73)(H,74,75)/t31-,41?,45-,46-/m0/s1. The Labute approximate surface area is 525 Å². The lowest BCUT2D eigenvalue weighted by molar-refractivity contribution is -0.138. The minimum absolute atomic E-state index is 0.0163. The predicted octanol–water partition coefficient (Wildman–Crippen LogP) is 7.98. The fraction of sp³-hybridized carbons (Fsp3) is 0.339. The zero-order chi connectivity index (χ0) is 62.8. The number of anilines is 1. The molecule has 460 valence electrons. The minimum Gasteiger partial charge on any atom is -0.481 e. The van der Waals surface area contributed by atoms with Gasteiger partial charge in [-0.25, -0.2) is 39.7 Å². The maximum absolute atomic E-state index is 14.4. The van der Waals surface area contributed by atoms with Crippen LogP contribution in [0, 0.1) is 12.8 Å². The largest absolute Gasteiger partial charge is 0.481 e. The number of rotatable bonds is 17. The quantitative estimate of drug-likeness (QED) is 0.0400. The van der Waals surface area contributed by atoms with Gasteiger partial charge in [0.2, 0.25) is 11.8 Å². The van der Waals surface area contributed by atoms with Gasteiger partial charge in [-0.2, -0.15) is 0 Å². The molecule has 26 nitrogen and oxygen atoms in total. The van der Waals surface area contributed by atoms with Gasteiger partial charge in [0.15, 0.2) is 0 Å². The number of aliphatic hydroxyl groups excluding tert-OH is 1. The van der Waals surface area contributed by atoms with E-state index in [0.717, 1.165) is 56.7 Å². The fourth-order valence-electron chi connectivity index (χ4n) is 8.85. The summed E-state index contributed by atoms with van der Waals surface area (Å²) < 4.78 is 10.8. The van der Waals surface area contributed by atoms with Crippen molar-refractivity contribution in [3.8, 4) is 43.4 Å². The van der Waals surface area contributed by atoms with Crippen LogP contribution in [0.5, 0.6) is 0 Å². The number of aromatic nitrogens is 7. The number of fused-ring (bicyclic) bond motifs is 14. The SMILES string of the molecule is CNC(=O)C[C@@H]1NC(=O)c2csc(n2)-c2ccc(-c3nc(N(CCCC(=O)O)C(=O)OCCCC(=O)O)cs3)nc2-c2csc(n2)-c2csc(n2)[C@H]([C@@H](O)c2ccccc2)NC(=O)CNC(=O)c2nc(sc2COC)C(C(C)C)NC(=O)c2nc1sc2C. The summed E-state index contributed by atoms with van der Waals surface area (Å²) in [6.45, 7) is 4.58. The maximum atomic E-state index is 14.4. The van der Waals surface area contributed by atoms with Crippen LogP contribution in [-0.2, 0) is 35.3 Å². The van der Waals surface area contributed by atoms with E-state index in [1.165, 1.54) is 35.8 Å². The van der Waals surface area contributed by atoms with E-state index in [1.54, 1.807) is 65.5 Å². The van der Waals surface area contributed by atoms with Gasteiger partial charge < -0.3 is 51.4 Å². The summed E-state index contributed by atoms with van der Waals surface area (Å²) in [4.78, 5) is 142. The first kappa shape index (κ1) is 64.1. The lowest BCUT2D eigenvalue weighted by Gasteiger charge is -2.23. The van der Waals surface area contributed by atoms with E-state index in [0.29, 0.717) is 63.0 Å². The lowest BCUT2D eigenvalue weighted by atomic mass is 10.0. The monoisotopic (exact) mass is 1310 g/mol. The first-order valence-corrected chi connectivity index (χ1v) is 32.2. The summed E-state index contributed by atoms with van der Waals surface area (Å²) in [6.07, 6.45) is -2.81. The number of nitrogens with zero attached hydrogens (tertiary/aromatic N) is 8. The molecule has 6 amide bonds. The van der Waals surface area contributed by atoms with Crippen LogP contribution in [0.2, 0.25) is 0 Å². The molecule has 7 aromatic heterocycles. The molecule has 1 aliphatic rings. The van der Waals surface area contributed by atoms with Crippen molar-refractivity contribution in [3.63, 3.8) is 0 Å². The van der Waals surface area contributed by atoms with Gasteiger partial charge in [0.1, 0.15) is 82.2 Å². The molecule has 1 aliphatic heterocycles. The lowest BCUT2D eigenvalue weighted by Crippen LogP contribution is -2.40. The zero-order valence-corrected chi connectivity index (χ0v) is 52.5. The summed E-state index contributed by atoms with van der Waals surface area (Å²) >= 11 is 6.90. The second kappa shape index (κ2) is 29.1. The van der Waals surface area contributed by atoms with E-state index in [2.05, 4.69) is 36.6 Å². The highest BCUT2D eigenvalue weighted by Crippen LogP contribution is 2.40. The average molecular weight is 1310 g/mol. The van der Waals surface area contributed by atoms with Crippen LogP contribution in [0.15, 0.2) is 64.0 Å². The number of methoxy groups -OCH3 is 1. The van der Waals surface area contributed by atoms with E-state index in [4.69, 9.17) is 39.5 Å². The molecule has 9 rings (SSSR count). The molecule has 8 aromatic rings. The molecule has 1 aromatic carbocycles. The van der Waals surface area contributed by atoms with Gasteiger partial charge >= 0.3 is 18.0 Å². The van der Waals surface area contributed by atoms with Crippen molar-refractivity contribution in [1.29, 1.82) is 0 Å². The second-order valence-corrected chi connectivity index (χ2v) is 25.7. The fourth-order valence-corrected chi connectivity index (χ4v) is 14.4. The predicted molar refractivity (Wildman–Crippen MR) is 329 cm³/mol. The summed E-state index contributed by atoms with van der Waals surface area (Å²) in [5, 5.41) is 53.0. The van der Waals surface area contributed by atoms with Crippen molar-refractivity contribution >= 4 is 121 Å². The molecule has 4 atom stereocenters.